The van der Waals surface area contributed by atoms with Crippen molar-refractivity contribution in [1.29, 1.82) is 0 Å². The summed E-state index contributed by atoms with van der Waals surface area (Å²) in [6.45, 7) is 5.54. The molecular formula is C24H29FN4O2. The highest BCUT2D eigenvalue weighted by Gasteiger charge is 2.26. The SMILES string of the molecule is CCC1CCC(n2cc3cc(NC(=O)c4ncccc4F)c(C(C)(C)O)cc3n2)CC1. The first-order chi connectivity index (χ1) is 14.8. The van der Waals surface area contributed by atoms with Gasteiger partial charge in [0.1, 0.15) is 0 Å². The number of fused-ring (bicyclic) bond motifs is 1. The number of pyridine rings is 1. The summed E-state index contributed by atoms with van der Waals surface area (Å²) in [5, 5.41) is 19.1. The molecule has 0 aliphatic heterocycles. The van der Waals surface area contributed by atoms with E-state index in [1.54, 1.807) is 26.0 Å². The Morgan fingerprint density at radius 3 is 2.68 bits per heavy atom. The molecule has 7 heteroatoms. The number of hydrogen-bond acceptors (Lipinski definition) is 4. The molecule has 1 saturated carbocycles. The minimum Gasteiger partial charge on any atom is -0.386 e. The lowest BCUT2D eigenvalue weighted by molar-refractivity contribution is 0.0793. The standard InChI is InChI=1S/C24H29FN4O2/c1-4-15-7-9-17(10-8-15)29-14-16-12-21(18(24(2,3)31)13-20(16)28-29)27-23(30)22-19(25)6-5-11-26-22/h5-6,11-15,17,31H,4,7-10H2,1-3H3,(H,27,30). The third-order valence-corrected chi connectivity index (χ3v) is 6.31. The van der Waals surface area contributed by atoms with Gasteiger partial charge < -0.3 is 10.4 Å². The van der Waals surface area contributed by atoms with Crippen molar-refractivity contribution in [3.05, 3.63) is 53.7 Å². The number of carbonyl (C=O) groups is 1. The maximum atomic E-state index is 14.0. The Bertz CT molecular complexity index is 1090. The molecule has 2 heterocycles. The van der Waals surface area contributed by atoms with E-state index in [0.29, 0.717) is 17.3 Å². The third kappa shape index (κ3) is 4.46. The van der Waals surface area contributed by atoms with E-state index in [2.05, 4.69) is 17.2 Å². The quantitative estimate of drug-likeness (QED) is 0.591. The van der Waals surface area contributed by atoms with Crippen LogP contribution in [0.4, 0.5) is 10.1 Å². The lowest BCUT2D eigenvalue weighted by Gasteiger charge is -2.27. The molecule has 164 valence electrons. The number of anilines is 1. The zero-order chi connectivity index (χ0) is 22.2. The first-order valence-corrected chi connectivity index (χ1v) is 10.9. The van der Waals surface area contributed by atoms with E-state index < -0.39 is 17.3 Å². The third-order valence-electron chi connectivity index (χ3n) is 6.31. The zero-order valence-electron chi connectivity index (χ0n) is 18.2. The number of rotatable bonds is 5. The van der Waals surface area contributed by atoms with E-state index >= 15 is 0 Å². The van der Waals surface area contributed by atoms with Gasteiger partial charge in [-0.15, -0.1) is 0 Å². The van der Waals surface area contributed by atoms with Crippen molar-refractivity contribution in [2.45, 2.75) is 64.5 Å². The molecule has 0 atom stereocenters. The molecule has 0 saturated heterocycles. The summed E-state index contributed by atoms with van der Waals surface area (Å²) < 4.78 is 16.0. The fourth-order valence-corrected chi connectivity index (χ4v) is 4.44. The Kier molecular flexibility index (Phi) is 5.79. The zero-order valence-corrected chi connectivity index (χ0v) is 18.2. The Labute approximate surface area is 181 Å². The minimum atomic E-state index is -1.22. The number of aliphatic hydroxyl groups is 1. The molecule has 1 aliphatic rings. The van der Waals surface area contributed by atoms with E-state index in [0.717, 1.165) is 29.7 Å². The molecule has 0 unspecified atom stereocenters. The summed E-state index contributed by atoms with van der Waals surface area (Å²) in [5.74, 6) is -0.550. The number of aromatic nitrogens is 3. The average Bonchev–Trinajstić information content (AvgIpc) is 3.16. The Morgan fingerprint density at radius 2 is 2.03 bits per heavy atom. The summed E-state index contributed by atoms with van der Waals surface area (Å²) in [6, 6.07) is 6.58. The van der Waals surface area contributed by atoms with E-state index in [1.807, 2.05) is 10.9 Å². The van der Waals surface area contributed by atoms with Crippen molar-refractivity contribution in [2.24, 2.45) is 5.92 Å². The van der Waals surface area contributed by atoms with Crippen molar-refractivity contribution in [1.82, 2.24) is 14.8 Å². The van der Waals surface area contributed by atoms with Crippen LogP contribution in [0.5, 0.6) is 0 Å². The van der Waals surface area contributed by atoms with Gasteiger partial charge in [0.15, 0.2) is 11.5 Å². The molecule has 1 amide bonds. The monoisotopic (exact) mass is 424 g/mol. The van der Waals surface area contributed by atoms with Gasteiger partial charge in [-0.3, -0.25) is 9.48 Å². The summed E-state index contributed by atoms with van der Waals surface area (Å²) >= 11 is 0. The number of nitrogens with zero attached hydrogens (tertiary/aromatic N) is 3. The fraction of sp³-hybridized carbons (Fsp3) is 0.458. The highest BCUT2D eigenvalue weighted by Crippen LogP contribution is 2.36. The molecular weight excluding hydrogens is 395 g/mol. The average molecular weight is 425 g/mol. The van der Waals surface area contributed by atoms with E-state index in [1.165, 1.54) is 37.6 Å². The van der Waals surface area contributed by atoms with Crippen LogP contribution >= 0.6 is 0 Å². The second-order valence-electron chi connectivity index (χ2n) is 9.00. The Balaban J connectivity index is 1.67. The fourth-order valence-electron chi connectivity index (χ4n) is 4.44. The van der Waals surface area contributed by atoms with Gasteiger partial charge in [-0.1, -0.05) is 13.3 Å². The van der Waals surface area contributed by atoms with Gasteiger partial charge in [-0.05, 0) is 69.7 Å². The van der Waals surface area contributed by atoms with Gasteiger partial charge in [0.2, 0.25) is 0 Å². The Morgan fingerprint density at radius 1 is 1.29 bits per heavy atom. The molecule has 4 rings (SSSR count). The predicted octanol–water partition coefficient (Wildman–Crippen LogP) is 5.19. The lowest BCUT2D eigenvalue weighted by atomic mass is 9.85. The van der Waals surface area contributed by atoms with Crippen molar-refractivity contribution in [2.75, 3.05) is 5.32 Å². The maximum Gasteiger partial charge on any atom is 0.277 e. The summed E-state index contributed by atoms with van der Waals surface area (Å²) in [7, 11) is 0. The van der Waals surface area contributed by atoms with Crippen molar-refractivity contribution in [3.63, 3.8) is 0 Å². The second-order valence-corrected chi connectivity index (χ2v) is 9.00. The topological polar surface area (TPSA) is 80.0 Å². The molecule has 1 aromatic carbocycles. The molecule has 3 aromatic rings. The first kappa shape index (κ1) is 21.4. The molecule has 1 fully saturated rings. The van der Waals surface area contributed by atoms with Crippen LogP contribution in [0.15, 0.2) is 36.7 Å². The van der Waals surface area contributed by atoms with Crippen LogP contribution in [0.25, 0.3) is 10.9 Å². The number of amides is 1. The Hall–Kier alpha value is -2.80. The summed E-state index contributed by atoms with van der Waals surface area (Å²) in [5.41, 5.74) is 0.195. The number of carbonyl (C=O) groups excluding carboxylic acids is 1. The highest BCUT2D eigenvalue weighted by molar-refractivity contribution is 6.04. The van der Waals surface area contributed by atoms with Crippen LogP contribution in [0.2, 0.25) is 0 Å². The minimum absolute atomic E-state index is 0.285. The smallest absolute Gasteiger partial charge is 0.277 e. The normalized spacial score (nSPS) is 19.5. The van der Waals surface area contributed by atoms with Gasteiger partial charge in [-0.2, -0.15) is 5.10 Å². The molecule has 31 heavy (non-hydrogen) atoms. The van der Waals surface area contributed by atoms with E-state index in [4.69, 9.17) is 5.10 Å². The molecule has 1 aliphatic carbocycles. The highest BCUT2D eigenvalue weighted by atomic mass is 19.1. The predicted molar refractivity (Wildman–Crippen MR) is 118 cm³/mol. The van der Waals surface area contributed by atoms with Crippen LogP contribution in [-0.4, -0.2) is 25.8 Å². The molecule has 2 aromatic heterocycles. The van der Waals surface area contributed by atoms with Crippen molar-refractivity contribution in [3.8, 4) is 0 Å². The van der Waals surface area contributed by atoms with Crippen LogP contribution in [-0.2, 0) is 5.60 Å². The maximum absolute atomic E-state index is 14.0. The lowest BCUT2D eigenvalue weighted by Crippen LogP contribution is -2.22. The van der Waals surface area contributed by atoms with E-state index in [-0.39, 0.29) is 5.69 Å². The largest absolute Gasteiger partial charge is 0.386 e. The van der Waals surface area contributed by atoms with Gasteiger partial charge >= 0.3 is 0 Å². The number of nitrogens with one attached hydrogen (secondary N) is 1. The van der Waals surface area contributed by atoms with Gasteiger partial charge in [0.05, 0.1) is 17.2 Å². The van der Waals surface area contributed by atoms with Crippen LogP contribution < -0.4 is 5.32 Å². The second kappa shape index (κ2) is 8.38. The van der Waals surface area contributed by atoms with Gasteiger partial charge in [-0.25, -0.2) is 9.37 Å². The van der Waals surface area contributed by atoms with Crippen LogP contribution in [0.1, 0.15) is 75.0 Å². The number of benzene rings is 1. The molecule has 0 spiro atoms. The number of hydrogen-bond donors (Lipinski definition) is 2. The summed E-state index contributed by atoms with van der Waals surface area (Å²) in [6.07, 6.45) is 9.22. The number of halogens is 1. The van der Waals surface area contributed by atoms with Gasteiger partial charge in [0, 0.05) is 29.0 Å². The van der Waals surface area contributed by atoms with Crippen molar-refractivity contribution < 1.29 is 14.3 Å². The molecule has 0 radical (unpaired) electrons. The van der Waals surface area contributed by atoms with Crippen molar-refractivity contribution >= 4 is 22.5 Å². The first-order valence-electron chi connectivity index (χ1n) is 10.9. The summed E-state index contributed by atoms with van der Waals surface area (Å²) in [4.78, 5) is 16.5. The molecule has 2 N–H and O–H groups in total. The van der Waals surface area contributed by atoms with Crippen LogP contribution in [0.3, 0.4) is 0 Å². The molecule has 6 nitrogen and oxygen atoms in total. The van der Waals surface area contributed by atoms with Crippen LogP contribution in [0, 0.1) is 11.7 Å². The van der Waals surface area contributed by atoms with E-state index in [9.17, 15) is 14.3 Å². The van der Waals surface area contributed by atoms with Gasteiger partial charge in [0.25, 0.3) is 5.91 Å². The molecule has 0 bridgehead atoms.